The van der Waals surface area contributed by atoms with Gasteiger partial charge in [-0.05, 0) is 74.7 Å². The molecular weight excluding hydrogens is 431 g/mol. The van der Waals surface area contributed by atoms with Crippen molar-refractivity contribution in [3.8, 4) is 0 Å². The van der Waals surface area contributed by atoms with E-state index < -0.39 is 18.6 Å². The molecule has 2 amide bonds. The Hall–Kier alpha value is -1.80. The number of halogens is 4. The Bertz CT molecular complexity index is 787. The molecule has 31 heavy (non-hydrogen) atoms. The van der Waals surface area contributed by atoms with Crippen molar-refractivity contribution in [1.29, 1.82) is 0 Å². The normalized spacial score (nSPS) is 19.5. The first-order valence-corrected chi connectivity index (χ1v) is 11.2. The molecule has 1 aromatic carbocycles. The Morgan fingerprint density at radius 3 is 2.16 bits per heavy atom. The summed E-state index contributed by atoms with van der Waals surface area (Å²) in [5, 5.41) is 0.300. The zero-order valence-corrected chi connectivity index (χ0v) is 18.2. The summed E-state index contributed by atoms with van der Waals surface area (Å²) >= 11 is 5.96. The van der Waals surface area contributed by atoms with Gasteiger partial charge in [-0.1, -0.05) is 17.7 Å². The lowest BCUT2D eigenvalue weighted by atomic mass is 9.78. The number of amides is 2. The number of likely N-dealkylation sites (tertiary alicyclic amines) is 2. The van der Waals surface area contributed by atoms with E-state index in [1.165, 1.54) is 4.90 Å². The number of nitrogens with two attached hydrogens (primary N) is 1. The predicted octanol–water partition coefficient (Wildman–Crippen LogP) is 3.88. The molecular formula is C22H29ClF3N3O2. The van der Waals surface area contributed by atoms with Gasteiger partial charge < -0.3 is 10.6 Å². The van der Waals surface area contributed by atoms with Crippen molar-refractivity contribution in [3.05, 3.63) is 34.3 Å². The van der Waals surface area contributed by atoms with E-state index >= 15 is 0 Å². The van der Waals surface area contributed by atoms with Crippen molar-refractivity contribution in [2.24, 2.45) is 17.6 Å². The molecule has 2 saturated heterocycles. The van der Waals surface area contributed by atoms with E-state index in [2.05, 4.69) is 0 Å². The molecule has 0 aromatic heterocycles. The molecule has 3 rings (SSSR count). The van der Waals surface area contributed by atoms with Crippen molar-refractivity contribution in [2.75, 3.05) is 32.7 Å². The number of aryl methyl sites for hydroxylation is 1. The molecule has 2 aliphatic rings. The molecule has 2 fully saturated rings. The Labute approximate surface area is 185 Å². The van der Waals surface area contributed by atoms with Crippen LogP contribution in [0.25, 0.3) is 0 Å². The lowest BCUT2D eigenvalue weighted by Gasteiger charge is -2.40. The minimum absolute atomic E-state index is 0.0778. The molecule has 0 aliphatic carbocycles. The standard InChI is InChI=1S/C22H29ClF3N3O2/c23-19-3-1-15(13-18(19)21(27)31)2-4-20(30)29-11-7-17(8-12-29)16-5-9-28(10-6-16)14-22(24,25)26/h1,3,13,16-17H,2,4-12,14H2,(H2,27,31). The number of carbonyl (C=O) groups excluding carboxylic acids is 2. The smallest absolute Gasteiger partial charge is 0.366 e. The van der Waals surface area contributed by atoms with Crippen LogP contribution in [0.1, 0.15) is 48.0 Å². The summed E-state index contributed by atoms with van der Waals surface area (Å²) in [6, 6.07) is 5.04. The second kappa shape index (κ2) is 10.2. The van der Waals surface area contributed by atoms with Crippen LogP contribution in [-0.4, -0.2) is 60.5 Å². The van der Waals surface area contributed by atoms with Crippen molar-refractivity contribution in [3.63, 3.8) is 0 Å². The van der Waals surface area contributed by atoms with Crippen molar-refractivity contribution < 1.29 is 22.8 Å². The monoisotopic (exact) mass is 459 g/mol. The van der Waals surface area contributed by atoms with E-state index in [4.69, 9.17) is 17.3 Å². The lowest BCUT2D eigenvalue weighted by Crippen LogP contribution is -2.44. The van der Waals surface area contributed by atoms with Crippen molar-refractivity contribution in [1.82, 2.24) is 9.80 Å². The van der Waals surface area contributed by atoms with Crippen LogP contribution in [0.5, 0.6) is 0 Å². The molecule has 2 aliphatic heterocycles. The average molecular weight is 460 g/mol. The number of benzene rings is 1. The van der Waals surface area contributed by atoms with Gasteiger partial charge in [-0.3, -0.25) is 14.5 Å². The SMILES string of the molecule is NC(=O)c1cc(CCC(=O)N2CCC(C3CCN(CC(F)(F)F)CC3)CC2)ccc1Cl. The quantitative estimate of drug-likeness (QED) is 0.702. The number of carbonyl (C=O) groups is 2. The highest BCUT2D eigenvalue weighted by molar-refractivity contribution is 6.33. The fourth-order valence-electron chi connectivity index (χ4n) is 4.78. The van der Waals surface area contributed by atoms with Gasteiger partial charge in [0.05, 0.1) is 17.1 Å². The summed E-state index contributed by atoms with van der Waals surface area (Å²) in [5.41, 5.74) is 6.41. The number of rotatable bonds is 6. The summed E-state index contributed by atoms with van der Waals surface area (Å²) in [6.45, 7) is 1.56. The van der Waals surface area contributed by atoms with Crippen LogP contribution in [0.4, 0.5) is 13.2 Å². The first-order chi connectivity index (χ1) is 14.6. The van der Waals surface area contributed by atoms with E-state index in [1.807, 2.05) is 4.90 Å². The van der Waals surface area contributed by atoms with E-state index in [9.17, 15) is 22.8 Å². The van der Waals surface area contributed by atoms with Crippen LogP contribution >= 0.6 is 11.6 Å². The highest BCUT2D eigenvalue weighted by Gasteiger charge is 2.35. The molecule has 5 nitrogen and oxygen atoms in total. The van der Waals surface area contributed by atoms with Gasteiger partial charge in [0.25, 0.3) is 0 Å². The molecule has 0 bridgehead atoms. The largest absolute Gasteiger partial charge is 0.401 e. The number of nitrogens with zero attached hydrogens (tertiary/aromatic N) is 2. The van der Waals surface area contributed by atoms with Gasteiger partial charge in [0.1, 0.15) is 0 Å². The third-order valence-electron chi connectivity index (χ3n) is 6.52. The van der Waals surface area contributed by atoms with Crippen molar-refractivity contribution in [2.45, 2.75) is 44.7 Å². The first kappa shape index (κ1) is 23.9. The van der Waals surface area contributed by atoms with Gasteiger partial charge in [-0.25, -0.2) is 0 Å². The van der Waals surface area contributed by atoms with Crippen LogP contribution in [-0.2, 0) is 11.2 Å². The van der Waals surface area contributed by atoms with Crippen LogP contribution in [0.3, 0.4) is 0 Å². The molecule has 0 saturated carbocycles. The predicted molar refractivity (Wildman–Crippen MR) is 113 cm³/mol. The number of primary amides is 1. The maximum Gasteiger partial charge on any atom is 0.401 e. The Kier molecular flexibility index (Phi) is 7.86. The van der Waals surface area contributed by atoms with Gasteiger partial charge in [-0.2, -0.15) is 13.2 Å². The summed E-state index contributed by atoms with van der Waals surface area (Å²) in [7, 11) is 0. The minimum atomic E-state index is -4.13. The van der Waals surface area contributed by atoms with Crippen LogP contribution < -0.4 is 5.73 Å². The topological polar surface area (TPSA) is 66.6 Å². The maximum atomic E-state index is 12.6. The Balaban J connectivity index is 1.41. The number of hydrogen-bond acceptors (Lipinski definition) is 3. The van der Waals surface area contributed by atoms with Gasteiger partial charge in [0.15, 0.2) is 0 Å². The van der Waals surface area contributed by atoms with Gasteiger partial charge in [-0.15, -0.1) is 0 Å². The highest BCUT2D eigenvalue weighted by Crippen LogP contribution is 2.33. The highest BCUT2D eigenvalue weighted by atomic mass is 35.5. The molecule has 0 radical (unpaired) electrons. The minimum Gasteiger partial charge on any atom is -0.366 e. The third-order valence-corrected chi connectivity index (χ3v) is 6.85. The third kappa shape index (κ3) is 6.84. The molecule has 1 aromatic rings. The first-order valence-electron chi connectivity index (χ1n) is 10.8. The molecule has 0 unspecified atom stereocenters. The number of alkyl halides is 3. The second-order valence-corrected chi connectivity index (χ2v) is 9.03. The fraction of sp³-hybridized carbons (Fsp3) is 0.636. The zero-order chi connectivity index (χ0) is 22.6. The van der Waals surface area contributed by atoms with E-state index in [0.717, 1.165) is 31.2 Å². The average Bonchev–Trinajstić information content (AvgIpc) is 2.72. The molecule has 2 heterocycles. The van der Waals surface area contributed by atoms with E-state index in [1.54, 1.807) is 18.2 Å². The van der Waals surface area contributed by atoms with Gasteiger partial charge in [0.2, 0.25) is 11.8 Å². The lowest BCUT2D eigenvalue weighted by molar-refractivity contribution is -0.149. The van der Waals surface area contributed by atoms with Gasteiger partial charge >= 0.3 is 6.18 Å². The molecule has 172 valence electrons. The molecule has 9 heteroatoms. The molecule has 0 atom stereocenters. The van der Waals surface area contributed by atoms with Crippen LogP contribution in [0, 0.1) is 11.8 Å². The zero-order valence-electron chi connectivity index (χ0n) is 17.5. The van der Waals surface area contributed by atoms with Crippen LogP contribution in [0.2, 0.25) is 5.02 Å². The fourth-order valence-corrected chi connectivity index (χ4v) is 4.99. The molecule has 0 spiro atoms. The summed E-state index contributed by atoms with van der Waals surface area (Å²) in [6.07, 6.45) is 0.131. The van der Waals surface area contributed by atoms with Crippen LogP contribution in [0.15, 0.2) is 18.2 Å². The summed E-state index contributed by atoms with van der Waals surface area (Å²) in [5.74, 6) is 0.410. The Morgan fingerprint density at radius 1 is 1.03 bits per heavy atom. The molecule has 2 N–H and O–H groups in total. The van der Waals surface area contributed by atoms with E-state index in [0.29, 0.717) is 55.9 Å². The number of piperidine rings is 2. The van der Waals surface area contributed by atoms with Gasteiger partial charge in [0, 0.05) is 19.5 Å². The van der Waals surface area contributed by atoms with E-state index in [-0.39, 0.29) is 11.5 Å². The summed E-state index contributed by atoms with van der Waals surface area (Å²) in [4.78, 5) is 27.4. The number of hydrogen-bond donors (Lipinski definition) is 1. The summed E-state index contributed by atoms with van der Waals surface area (Å²) < 4.78 is 37.6. The Morgan fingerprint density at radius 2 is 1.61 bits per heavy atom. The van der Waals surface area contributed by atoms with Crippen molar-refractivity contribution >= 4 is 23.4 Å². The maximum absolute atomic E-state index is 12.6. The second-order valence-electron chi connectivity index (χ2n) is 8.63.